The molecule has 188 valence electrons. The van der Waals surface area contributed by atoms with Gasteiger partial charge in [-0.2, -0.15) is 0 Å². The Morgan fingerprint density at radius 3 is 2.29 bits per heavy atom. The van der Waals surface area contributed by atoms with E-state index in [0.29, 0.717) is 18.8 Å². The monoisotopic (exact) mass is 468 g/mol. The Morgan fingerprint density at radius 2 is 1.65 bits per heavy atom. The molecule has 3 fully saturated rings. The zero-order valence-electron chi connectivity index (χ0n) is 22.2. The lowest BCUT2D eigenvalue weighted by Gasteiger charge is -2.70. The van der Waals surface area contributed by atoms with E-state index in [9.17, 15) is 19.8 Å². The van der Waals surface area contributed by atoms with Crippen LogP contribution in [-0.4, -0.2) is 28.1 Å². The number of aliphatic carboxylic acids is 1. The number of carboxylic acids is 1. The SMILES string of the molecule is CC1(C)CC[C@]2(C(=O)O)C[C@H](O)[C@]3(C)C(=CC[C@H]4[C@@]5(C)C=CC(=O)C(C)(C)[C@H]5CC[C@]43C)[C@@H]2C1. The third-order valence-corrected chi connectivity index (χ3v) is 12.4. The molecule has 2 N–H and O–H groups in total. The fourth-order valence-electron chi connectivity index (χ4n) is 10.0. The lowest BCUT2D eigenvalue weighted by Crippen LogP contribution is -2.67. The van der Waals surface area contributed by atoms with Crippen LogP contribution >= 0.6 is 0 Å². The number of rotatable bonds is 1. The van der Waals surface area contributed by atoms with Gasteiger partial charge >= 0.3 is 5.97 Å². The third-order valence-electron chi connectivity index (χ3n) is 12.4. The van der Waals surface area contributed by atoms with E-state index in [2.05, 4.69) is 60.6 Å². The second-order valence-corrected chi connectivity index (χ2v) is 14.5. The first kappa shape index (κ1) is 24.3. The van der Waals surface area contributed by atoms with Crippen LogP contribution in [0.25, 0.3) is 0 Å². The van der Waals surface area contributed by atoms with Crippen molar-refractivity contribution in [2.75, 3.05) is 0 Å². The maximum Gasteiger partial charge on any atom is 0.310 e. The Kier molecular flexibility index (Phi) is 4.90. The second kappa shape index (κ2) is 6.87. The largest absolute Gasteiger partial charge is 0.481 e. The quantitative estimate of drug-likeness (QED) is 0.450. The number of hydrogen-bond acceptors (Lipinski definition) is 3. The summed E-state index contributed by atoms with van der Waals surface area (Å²) < 4.78 is 0. The van der Waals surface area contributed by atoms with Crippen LogP contribution in [0.4, 0.5) is 0 Å². The van der Waals surface area contributed by atoms with E-state index in [4.69, 9.17) is 0 Å². The first-order chi connectivity index (χ1) is 15.6. The molecular weight excluding hydrogens is 424 g/mol. The summed E-state index contributed by atoms with van der Waals surface area (Å²) in [5, 5.41) is 22.4. The van der Waals surface area contributed by atoms with E-state index in [1.807, 2.05) is 6.08 Å². The van der Waals surface area contributed by atoms with Crippen molar-refractivity contribution in [3.8, 4) is 0 Å². The average molecular weight is 469 g/mol. The predicted molar refractivity (Wildman–Crippen MR) is 133 cm³/mol. The van der Waals surface area contributed by atoms with Crippen molar-refractivity contribution in [2.45, 2.75) is 99.5 Å². The van der Waals surface area contributed by atoms with Crippen LogP contribution in [0.2, 0.25) is 0 Å². The second-order valence-electron chi connectivity index (χ2n) is 14.5. The molecule has 0 aliphatic heterocycles. The summed E-state index contributed by atoms with van der Waals surface area (Å²) in [6, 6.07) is 0. The zero-order valence-corrected chi connectivity index (χ0v) is 22.2. The highest BCUT2D eigenvalue weighted by molar-refractivity contribution is 5.95. The van der Waals surface area contributed by atoms with Crippen molar-refractivity contribution in [3.05, 3.63) is 23.8 Å². The van der Waals surface area contributed by atoms with Crippen molar-refractivity contribution >= 4 is 11.8 Å². The predicted octanol–water partition coefficient (Wildman–Crippen LogP) is 6.19. The van der Waals surface area contributed by atoms with E-state index in [1.54, 1.807) is 0 Å². The van der Waals surface area contributed by atoms with Gasteiger partial charge in [-0.3, -0.25) is 9.59 Å². The van der Waals surface area contributed by atoms with Crippen LogP contribution < -0.4 is 0 Å². The lowest BCUT2D eigenvalue weighted by atomic mass is 9.33. The first-order valence-corrected chi connectivity index (χ1v) is 13.4. The number of aliphatic hydroxyl groups is 1. The molecule has 0 aromatic heterocycles. The minimum absolute atomic E-state index is 0.0228. The van der Waals surface area contributed by atoms with Crippen LogP contribution in [0.3, 0.4) is 0 Å². The van der Waals surface area contributed by atoms with Crippen molar-refractivity contribution < 1.29 is 19.8 Å². The highest BCUT2D eigenvalue weighted by Crippen LogP contribution is 2.74. The van der Waals surface area contributed by atoms with E-state index in [1.165, 1.54) is 5.57 Å². The van der Waals surface area contributed by atoms with Crippen LogP contribution in [0.1, 0.15) is 93.4 Å². The molecule has 5 aliphatic carbocycles. The zero-order chi connectivity index (χ0) is 25.1. The molecular formula is C30H44O4. The molecule has 4 heteroatoms. The molecule has 0 aromatic rings. The smallest absolute Gasteiger partial charge is 0.310 e. The molecule has 8 atom stereocenters. The molecule has 0 amide bonds. The maximum absolute atomic E-state index is 12.8. The van der Waals surface area contributed by atoms with Crippen LogP contribution in [0, 0.1) is 50.2 Å². The standard InChI is InChI=1S/C30H44O4/c1-25(2)14-15-30(24(33)34)17-23(32)29(7)18(19(30)16-25)8-9-21-27(5)12-11-22(31)26(3,4)20(27)10-13-28(21,29)6/h8,11-12,19-21,23,32H,9-10,13-17H2,1-7H3,(H,33,34)/t19-,20+,21-,23-,27-,28+,29-,30-/m0/s1. The Labute approximate surface area is 205 Å². The van der Waals surface area contributed by atoms with E-state index in [0.717, 1.165) is 32.1 Å². The van der Waals surface area contributed by atoms with Gasteiger partial charge in [-0.1, -0.05) is 66.2 Å². The summed E-state index contributed by atoms with van der Waals surface area (Å²) >= 11 is 0. The summed E-state index contributed by atoms with van der Waals surface area (Å²) in [6.45, 7) is 15.7. The van der Waals surface area contributed by atoms with Crippen molar-refractivity contribution in [1.29, 1.82) is 0 Å². The van der Waals surface area contributed by atoms with Gasteiger partial charge in [0.1, 0.15) is 0 Å². The number of allylic oxidation sites excluding steroid dienone is 3. The lowest BCUT2D eigenvalue weighted by molar-refractivity contribution is -0.200. The topological polar surface area (TPSA) is 74.6 Å². The van der Waals surface area contributed by atoms with Crippen LogP contribution in [0.15, 0.2) is 23.8 Å². The molecule has 0 spiro atoms. The average Bonchev–Trinajstić information content (AvgIpc) is 2.72. The number of ketones is 1. The van der Waals surface area contributed by atoms with Gasteiger partial charge in [-0.15, -0.1) is 0 Å². The number of fused-ring (bicyclic) bond motifs is 7. The van der Waals surface area contributed by atoms with Gasteiger partial charge in [-0.05, 0) is 85.0 Å². The van der Waals surface area contributed by atoms with Crippen LogP contribution in [0.5, 0.6) is 0 Å². The molecule has 0 saturated heterocycles. The summed E-state index contributed by atoms with van der Waals surface area (Å²) in [4.78, 5) is 25.6. The number of aliphatic hydroxyl groups excluding tert-OH is 1. The Morgan fingerprint density at radius 1 is 0.971 bits per heavy atom. The molecule has 0 unspecified atom stereocenters. The van der Waals surface area contributed by atoms with Gasteiger partial charge in [0.25, 0.3) is 0 Å². The fraction of sp³-hybridized carbons (Fsp3) is 0.800. The van der Waals surface area contributed by atoms with E-state index >= 15 is 0 Å². The Hall–Kier alpha value is -1.42. The minimum Gasteiger partial charge on any atom is -0.481 e. The summed E-state index contributed by atoms with van der Waals surface area (Å²) in [5.74, 6) is 0.0605. The molecule has 34 heavy (non-hydrogen) atoms. The molecule has 0 aromatic carbocycles. The van der Waals surface area contributed by atoms with Gasteiger partial charge < -0.3 is 10.2 Å². The summed E-state index contributed by atoms with van der Waals surface area (Å²) in [7, 11) is 0. The third kappa shape index (κ3) is 2.70. The number of carboxylic acid groups (broad SMARTS) is 1. The molecule has 0 radical (unpaired) electrons. The minimum atomic E-state index is -0.857. The molecule has 0 heterocycles. The number of carbonyl (C=O) groups is 2. The molecule has 0 bridgehead atoms. The highest BCUT2D eigenvalue weighted by Gasteiger charge is 2.71. The number of carbonyl (C=O) groups excluding carboxylic acids is 1. The van der Waals surface area contributed by atoms with Gasteiger partial charge in [0.2, 0.25) is 0 Å². The van der Waals surface area contributed by atoms with Crippen LogP contribution in [-0.2, 0) is 9.59 Å². The normalized spacial score (nSPS) is 50.8. The van der Waals surface area contributed by atoms with Crippen molar-refractivity contribution in [2.24, 2.45) is 50.2 Å². The number of hydrogen-bond donors (Lipinski definition) is 2. The van der Waals surface area contributed by atoms with Crippen molar-refractivity contribution in [1.82, 2.24) is 0 Å². The van der Waals surface area contributed by atoms with Gasteiger partial charge in [0.15, 0.2) is 5.78 Å². The van der Waals surface area contributed by atoms with E-state index < -0.39 is 22.9 Å². The fourth-order valence-corrected chi connectivity index (χ4v) is 10.0. The van der Waals surface area contributed by atoms with Crippen molar-refractivity contribution in [3.63, 3.8) is 0 Å². The maximum atomic E-state index is 12.8. The van der Waals surface area contributed by atoms with Gasteiger partial charge in [0, 0.05) is 10.8 Å². The molecule has 3 saturated carbocycles. The van der Waals surface area contributed by atoms with Gasteiger partial charge in [0.05, 0.1) is 11.5 Å². The highest BCUT2D eigenvalue weighted by atomic mass is 16.4. The first-order valence-electron chi connectivity index (χ1n) is 13.4. The summed E-state index contributed by atoms with van der Waals surface area (Å²) in [5.41, 5.74) is -0.656. The molecule has 5 rings (SSSR count). The van der Waals surface area contributed by atoms with Gasteiger partial charge in [-0.25, -0.2) is 0 Å². The Balaban J connectivity index is 1.67. The van der Waals surface area contributed by atoms with E-state index in [-0.39, 0.29) is 39.3 Å². The molecule has 4 nitrogen and oxygen atoms in total. The summed E-state index contributed by atoms with van der Waals surface area (Å²) in [6.07, 6.45) is 11.2. The molecule has 5 aliphatic rings. The Bertz CT molecular complexity index is 1000.